The van der Waals surface area contributed by atoms with Gasteiger partial charge in [0.2, 0.25) is 5.91 Å². The monoisotopic (exact) mass is 354 g/mol. The summed E-state index contributed by atoms with van der Waals surface area (Å²) in [5, 5.41) is 5.74. The van der Waals surface area contributed by atoms with Gasteiger partial charge in [-0.3, -0.25) is 9.59 Å². The third kappa shape index (κ3) is 4.64. The second kappa shape index (κ2) is 8.36. The van der Waals surface area contributed by atoms with Gasteiger partial charge in [-0.1, -0.05) is 78.3 Å². The van der Waals surface area contributed by atoms with Crippen LogP contribution in [0, 0.1) is 0 Å². The Hall–Kier alpha value is -3.34. The van der Waals surface area contributed by atoms with Crippen molar-refractivity contribution in [2.24, 2.45) is 0 Å². The minimum Gasteiger partial charge on any atom is -0.341 e. The molecule has 3 rings (SSSR count). The first-order valence-corrected chi connectivity index (χ1v) is 8.62. The minimum atomic E-state index is -0.327. The van der Waals surface area contributed by atoms with E-state index < -0.39 is 0 Å². The lowest BCUT2D eigenvalue weighted by Gasteiger charge is -2.21. The van der Waals surface area contributed by atoms with Crippen molar-refractivity contribution in [1.29, 1.82) is 0 Å². The van der Waals surface area contributed by atoms with Crippen LogP contribution >= 0.6 is 0 Å². The van der Waals surface area contributed by atoms with Crippen LogP contribution in [0.4, 0.5) is 5.69 Å². The van der Waals surface area contributed by atoms with Gasteiger partial charge in [0.05, 0.1) is 17.3 Å². The Morgan fingerprint density at radius 2 is 1.41 bits per heavy atom. The van der Waals surface area contributed by atoms with E-state index in [1.54, 1.807) is 18.2 Å². The van der Waals surface area contributed by atoms with Crippen molar-refractivity contribution in [3.63, 3.8) is 0 Å². The van der Waals surface area contributed by atoms with Gasteiger partial charge in [-0.05, 0) is 17.2 Å². The second-order valence-electron chi connectivity index (χ2n) is 6.21. The highest BCUT2D eigenvalue weighted by molar-refractivity contribution is 6.33. The van der Waals surface area contributed by atoms with Crippen LogP contribution in [0.5, 0.6) is 0 Å². The number of rotatable bonds is 5. The summed E-state index contributed by atoms with van der Waals surface area (Å²) < 4.78 is 0. The van der Waals surface area contributed by atoms with E-state index in [1.807, 2.05) is 60.7 Å². The number of hydrogen-bond acceptors (Lipinski definition) is 2. The van der Waals surface area contributed by atoms with Gasteiger partial charge in [0, 0.05) is 6.92 Å². The normalized spacial score (nSPS) is 10.4. The molecule has 4 nitrogen and oxygen atoms in total. The van der Waals surface area contributed by atoms with E-state index in [4.69, 9.17) is 7.85 Å². The van der Waals surface area contributed by atoms with E-state index in [9.17, 15) is 9.59 Å². The molecule has 0 aliphatic carbocycles. The number of anilines is 1. The van der Waals surface area contributed by atoms with Crippen molar-refractivity contribution in [1.82, 2.24) is 5.32 Å². The summed E-state index contributed by atoms with van der Waals surface area (Å²) in [5.74, 6) is -0.569. The summed E-state index contributed by atoms with van der Waals surface area (Å²) in [4.78, 5) is 24.5. The molecule has 2 N–H and O–H groups in total. The molecule has 2 radical (unpaired) electrons. The summed E-state index contributed by atoms with van der Waals surface area (Å²) in [5.41, 5.74) is 3.12. The standard InChI is InChI=1S/C22H19BN2O2/c1-15(26)24-20-13-12-18(23)14-19(20)22(27)25-21(16-8-4-2-5-9-16)17-10-6-3-7-11-17/h2-14,21H,1H3,(H,24,26)(H,25,27). The fraction of sp³-hybridized carbons (Fsp3) is 0.0909. The van der Waals surface area contributed by atoms with Gasteiger partial charge in [-0.2, -0.15) is 0 Å². The molecule has 3 aromatic carbocycles. The molecule has 0 saturated heterocycles. The van der Waals surface area contributed by atoms with Crippen molar-refractivity contribution < 1.29 is 9.59 Å². The number of amides is 2. The summed E-state index contributed by atoms with van der Waals surface area (Å²) in [6, 6.07) is 24.0. The van der Waals surface area contributed by atoms with Crippen LogP contribution in [0.1, 0.15) is 34.5 Å². The smallest absolute Gasteiger partial charge is 0.254 e. The van der Waals surface area contributed by atoms with Crippen LogP contribution in [-0.4, -0.2) is 19.7 Å². The van der Waals surface area contributed by atoms with Gasteiger partial charge < -0.3 is 10.6 Å². The highest BCUT2D eigenvalue weighted by Gasteiger charge is 2.20. The summed E-state index contributed by atoms with van der Waals surface area (Å²) >= 11 is 0. The molecule has 0 unspecified atom stereocenters. The third-order valence-corrected chi connectivity index (χ3v) is 4.14. The Bertz CT molecular complexity index is 904. The molecular formula is C22H19BN2O2. The summed E-state index contributed by atoms with van der Waals surface area (Å²) in [7, 11) is 5.86. The van der Waals surface area contributed by atoms with E-state index in [1.165, 1.54) is 6.92 Å². The molecule has 0 aliphatic heterocycles. The minimum absolute atomic E-state index is 0.253. The Kier molecular flexibility index (Phi) is 5.72. The van der Waals surface area contributed by atoms with Gasteiger partial charge in [-0.25, -0.2) is 0 Å². The van der Waals surface area contributed by atoms with Crippen molar-refractivity contribution in [3.05, 3.63) is 95.6 Å². The van der Waals surface area contributed by atoms with Crippen molar-refractivity contribution in [3.8, 4) is 0 Å². The fourth-order valence-corrected chi connectivity index (χ4v) is 2.91. The van der Waals surface area contributed by atoms with Gasteiger partial charge >= 0.3 is 0 Å². The number of benzene rings is 3. The molecule has 0 aliphatic rings. The van der Waals surface area contributed by atoms with Crippen molar-refractivity contribution in [2.75, 3.05) is 5.32 Å². The van der Waals surface area contributed by atoms with Crippen molar-refractivity contribution in [2.45, 2.75) is 13.0 Å². The molecule has 0 bridgehead atoms. The maximum Gasteiger partial charge on any atom is 0.254 e. The number of carbonyl (C=O) groups is 2. The first kappa shape index (κ1) is 18.5. The SMILES string of the molecule is [B]c1ccc(NC(C)=O)c(C(=O)NC(c2ccccc2)c2ccccc2)c1. The van der Waals surface area contributed by atoms with Gasteiger partial charge in [0.15, 0.2) is 0 Å². The van der Waals surface area contributed by atoms with Crippen molar-refractivity contribution >= 4 is 30.8 Å². The maximum atomic E-state index is 13.0. The molecule has 132 valence electrons. The molecule has 0 aromatic heterocycles. The van der Waals surface area contributed by atoms with Crippen LogP contribution in [0.25, 0.3) is 0 Å². The zero-order chi connectivity index (χ0) is 19.2. The zero-order valence-corrected chi connectivity index (χ0v) is 15.0. The molecule has 0 spiro atoms. The van der Waals surface area contributed by atoms with Crippen LogP contribution in [0.2, 0.25) is 0 Å². The van der Waals surface area contributed by atoms with Crippen LogP contribution in [0.3, 0.4) is 0 Å². The first-order valence-electron chi connectivity index (χ1n) is 8.62. The van der Waals surface area contributed by atoms with Gasteiger partial charge in [-0.15, -0.1) is 0 Å². The molecule has 0 atom stereocenters. The quantitative estimate of drug-likeness (QED) is 0.692. The lowest BCUT2D eigenvalue weighted by atomic mass is 9.92. The number of hydrogen-bond donors (Lipinski definition) is 2. The Balaban J connectivity index is 1.96. The van der Waals surface area contributed by atoms with E-state index in [2.05, 4.69) is 10.6 Å². The molecule has 3 aromatic rings. The summed E-state index contributed by atoms with van der Waals surface area (Å²) in [6.45, 7) is 1.40. The molecular weight excluding hydrogens is 335 g/mol. The van der Waals surface area contributed by atoms with E-state index in [0.29, 0.717) is 16.7 Å². The van der Waals surface area contributed by atoms with E-state index >= 15 is 0 Å². The molecule has 0 fully saturated rings. The number of nitrogens with one attached hydrogen (secondary N) is 2. The predicted octanol–water partition coefficient (Wildman–Crippen LogP) is 2.96. The van der Waals surface area contributed by atoms with Crippen LogP contribution in [0.15, 0.2) is 78.9 Å². The lowest BCUT2D eigenvalue weighted by Crippen LogP contribution is -2.31. The lowest BCUT2D eigenvalue weighted by molar-refractivity contribution is -0.114. The van der Waals surface area contributed by atoms with E-state index in [0.717, 1.165) is 11.1 Å². The molecule has 0 heterocycles. The predicted molar refractivity (Wildman–Crippen MR) is 108 cm³/mol. The van der Waals surface area contributed by atoms with Gasteiger partial charge in [0.1, 0.15) is 7.85 Å². The number of carbonyl (C=O) groups excluding carboxylic acids is 2. The Morgan fingerprint density at radius 1 is 0.852 bits per heavy atom. The van der Waals surface area contributed by atoms with Crippen LogP contribution < -0.4 is 16.1 Å². The topological polar surface area (TPSA) is 58.2 Å². The molecule has 2 amide bonds. The fourth-order valence-electron chi connectivity index (χ4n) is 2.91. The first-order chi connectivity index (χ1) is 13.0. The average molecular weight is 354 g/mol. The highest BCUT2D eigenvalue weighted by atomic mass is 16.2. The highest BCUT2D eigenvalue weighted by Crippen LogP contribution is 2.23. The zero-order valence-electron chi connectivity index (χ0n) is 15.0. The summed E-state index contributed by atoms with van der Waals surface area (Å²) in [6.07, 6.45) is 0. The molecule has 27 heavy (non-hydrogen) atoms. The Labute approximate surface area is 160 Å². The largest absolute Gasteiger partial charge is 0.341 e. The maximum absolute atomic E-state index is 13.0. The Morgan fingerprint density at radius 3 is 1.93 bits per heavy atom. The molecule has 5 heteroatoms. The van der Waals surface area contributed by atoms with Crippen LogP contribution in [-0.2, 0) is 4.79 Å². The third-order valence-electron chi connectivity index (χ3n) is 4.14. The average Bonchev–Trinajstić information content (AvgIpc) is 2.68. The second-order valence-corrected chi connectivity index (χ2v) is 6.21. The van der Waals surface area contributed by atoms with E-state index in [-0.39, 0.29) is 17.9 Å². The van der Waals surface area contributed by atoms with Gasteiger partial charge in [0.25, 0.3) is 5.91 Å². The molecule has 0 saturated carbocycles.